The summed E-state index contributed by atoms with van der Waals surface area (Å²) in [5.74, 6) is -1.23. The minimum atomic E-state index is -0.617. The molecule has 9 heteroatoms. The third kappa shape index (κ3) is 6.08. The Morgan fingerprint density at radius 2 is 1.58 bits per heavy atom. The first-order valence-corrected chi connectivity index (χ1v) is 16.9. The number of hydrogen-bond acceptors (Lipinski definition) is 8. The van der Waals surface area contributed by atoms with Crippen molar-refractivity contribution >= 4 is 40.5 Å². The van der Waals surface area contributed by atoms with Gasteiger partial charge in [-0.05, 0) is 137 Å². The Morgan fingerprint density at radius 3 is 2.19 bits per heavy atom. The van der Waals surface area contributed by atoms with Crippen LogP contribution in [0.5, 0.6) is 0 Å². The van der Waals surface area contributed by atoms with Crippen molar-refractivity contribution in [1.82, 2.24) is 0 Å². The molecule has 0 radical (unpaired) electrons. The molecule has 4 fully saturated rings. The summed E-state index contributed by atoms with van der Waals surface area (Å²) < 4.78 is 17.5. The number of aliphatic hydroxyl groups excluding tert-OH is 2. The van der Waals surface area contributed by atoms with Crippen LogP contribution in [-0.4, -0.2) is 53.2 Å². The Labute approximate surface area is 270 Å². The molecule has 1 unspecified atom stereocenters. The van der Waals surface area contributed by atoms with Gasteiger partial charge in [0.2, 0.25) is 6.79 Å². The van der Waals surface area contributed by atoms with E-state index in [1.54, 1.807) is 0 Å². The van der Waals surface area contributed by atoms with Gasteiger partial charge in [0.15, 0.2) is 0 Å². The van der Waals surface area contributed by atoms with Gasteiger partial charge in [-0.25, -0.2) is 4.79 Å². The highest BCUT2D eigenvalue weighted by atomic mass is 127. The average molecular weight is 715 g/mol. The molecule has 0 aromatic heterocycles. The second-order valence-electron chi connectivity index (χ2n) is 14.6. The highest BCUT2D eigenvalue weighted by Crippen LogP contribution is 2.74. The van der Waals surface area contributed by atoms with Gasteiger partial charge < -0.3 is 24.4 Å². The van der Waals surface area contributed by atoms with E-state index in [1.165, 1.54) is 13.8 Å². The van der Waals surface area contributed by atoms with Gasteiger partial charge in [-0.2, -0.15) is 0 Å². The van der Waals surface area contributed by atoms with Gasteiger partial charge in [0, 0.05) is 19.4 Å². The van der Waals surface area contributed by atoms with Crippen LogP contribution in [0.4, 0.5) is 0 Å². The fourth-order valence-corrected chi connectivity index (χ4v) is 10.3. The zero-order chi connectivity index (χ0) is 32.1. The van der Waals surface area contributed by atoms with Crippen molar-refractivity contribution in [3.05, 3.63) is 20.3 Å². The molecule has 0 heterocycles. The van der Waals surface area contributed by atoms with Gasteiger partial charge >= 0.3 is 17.9 Å². The average Bonchev–Trinajstić information content (AvgIpc) is 3.17. The molecule has 43 heavy (non-hydrogen) atoms. The third-order valence-electron chi connectivity index (χ3n) is 12.2. The molecule has 0 aliphatic heterocycles. The molecule has 4 aliphatic rings. The maximum absolute atomic E-state index is 13.7. The summed E-state index contributed by atoms with van der Waals surface area (Å²) in [5.41, 5.74) is 1.59. The highest BCUT2D eigenvalue weighted by molar-refractivity contribution is 14.1. The summed E-state index contributed by atoms with van der Waals surface area (Å²) in [6, 6.07) is 0. The summed E-state index contributed by atoms with van der Waals surface area (Å²) in [7, 11) is 0. The zero-order valence-electron chi connectivity index (χ0n) is 27.1. The van der Waals surface area contributed by atoms with Crippen LogP contribution in [0.2, 0.25) is 0 Å². The third-order valence-corrected chi connectivity index (χ3v) is 13.8. The summed E-state index contributed by atoms with van der Waals surface area (Å²) in [6.07, 6.45) is 3.93. The van der Waals surface area contributed by atoms with Gasteiger partial charge in [0.25, 0.3) is 0 Å². The topological polar surface area (TPSA) is 119 Å². The number of ether oxygens (including phenoxy) is 3. The smallest absolute Gasteiger partial charge is 0.336 e. The summed E-state index contributed by atoms with van der Waals surface area (Å²) in [4.78, 5) is 37.6. The van der Waals surface area contributed by atoms with Crippen molar-refractivity contribution in [3.8, 4) is 0 Å². The molecule has 0 aromatic rings. The van der Waals surface area contributed by atoms with Crippen molar-refractivity contribution in [2.75, 3.05) is 6.79 Å². The second-order valence-corrected chi connectivity index (χ2v) is 15.9. The SMILES string of the molecule is CC(=O)OCOC(=O)/C(CCC(I)=C(C)C)=C1\[C@@H](OC(C)=O)C[C@@]2(C)[C@H]1C[C@@H](O)C1[C@]2(C)CC[C@H]2[C@H](C)[C@H](O)CC[C@]12C. The van der Waals surface area contributed by atoms with E-state index >= 15 is 0 Å². The molecule has 242 valence electrons. The second kappa shape index (κ2) is 12.7. The predicted molar refractivity (Wildman–Crippen MR) is 171 cm³/mol. The largest absolute Gasteiger partial charge is 0.458 e. The van der Waals surface area contributed by atoms with Crippen LogP contribution in [-0.2, 0) is 28.6 Å². The quantitative estimate of drug-likeness (QED) is 0.135. The van der Waals surface area contributed by atoms with Gasteiger partial charge in [0.05, 0.1) is 12.2 Å². The van der Waals surface area contributed by atoms with Gasteiger partial charge in [-0.1, -0.05) is 33.3 Å². The van der Waals surface area contributed by atoms with Crippen molar-refractivity contribution in [2.45, 2.75) is 125 Å². The number of hydrogen-bond donors (Lipinski definition) is 2. The fraction of sp³-hybridized carbons (Fsp3) is 0.794. The Bertz CT molecular complexity index is 1190. The number of carbonyl (C=O) groups is 3. The maximum atomic E-state index is 13.7. The first kappa shape index (κ1) is 34.4. The lowest BCUT2D eigenvalue weighted by Gasteiger charge is -2.69. The van der Waals surface area contributed by atoms with Crippen LogP contribution in [0.1, 0.15) is 107 Å². The monoisotopic (exact) mass is 714 g/mol. The van der Waals surface area contributed by atoms with Crippen LogP contribution in [0.15, 0.2) is 20.3 Å². The molecule has 8 nitrogen and oxygen atoms in total. The Kier molecular flexibility index (Phi) is 10.2. The summed E-state index contributed by atoms with van der Waals surface area (Å²) in [5, 5.41) is 22.9. The minimum absolute atomic E-state index is 0.0123. The lowest BCUT2D eigenvalue weighted by Crippen LogP contribution is -2.65. The van der Waals surface area contributed by atoms with Crippen LogP contribution in [0, 0.1) is 39.9 Å². The molecule has 2 N–H and O–H groups in total. The van der Waals surface area contributed by atoms with Crippen molar-refractivity contribution < 1.29 is 38.8 Å². The number of fused-ring (bicyclic) bond motifs is 5. The van der Waals surface area contributed by atoms with Crippen LogP contribution in [0.3, 0.4) is 0 Å². The lowest BCUT2D eigenvalue weighted by molar-refractivity contribution is -0.234. The highest BCUT2D eigenvalue weighted by Gasteiger charge is 2.70. The number of allylic oxidation sites excluding steroid dienone is 2. The normalized spacial score (nSPS) is 41.2. The van der Waals surface area contributed by atoms with E-state index in [0.29, 0.717) is 37.2 Å². The van der Waals surface area contributed by atoms with E-state index in [0.717, 1.165) is 40.4 Å². The summed E-state index contributed by atoms with van der Waals surface area (Å²) >= 11 is 2.30. The van der Waals surface area contributed by atoms with Gasteiger partial charge in [-0.3, -0.25) is 9.59 Å². The molecule has 0 saturated heterocycles. The number of aliphatic hydroxyl groups is 2. The molecule has 10 atom stereocenters. The summed E-state index contributed by atoms with van der Waals surface area (Å²) in [6.45, 7) is 15.3. The van der Waals surface area contributed by atoms with E-state index in [1.807, 2.05) is 13.8 Å². The number of carbonyl (C=O) groups excluding carboxylic acids is 3. The first-order chi connectivity index (χ1) is 20.0. The maximum Gasteiger partial charge on any atom is 0.336 e. The van der Waals surface area contributed by atoms with Crippen molar-refractivity contribution in [2.24, 2.45) is 39.9 Å². The number of esters is 3. The standard InChI is InChI=1S/C34H51IO8/c1-18(2)25(35)10-9-22(31(40)42-17-41-20(4)36)29-24-15-27(39)30-32(6)13-12-26(38)19(3)23(32)11-14-33(30,7)34(24,8)16-28(29)43-21(5)37/h19,23-24,26-28,30,38-39H,9-17H2,1-8H3/b29-22-/t19-,23-,24-,26+,27+,28-,30?,32-,33-,34-/m0/s1. The minimum Gasteiger partial charge on any atom is -0.458 e. The van der Waals surface area contributed by atoms with Gasteiger partial charge in [-0.15, -0.1) is 0 Å². The first-order valence-electron chi connectivity index (χ1n) is 15.9. The Morgan fingerprint density at radius 1 is 0.907 bits per heavy atom. The number of halogens is 1. The van der Waals surface area contributed by atoms with E-state index in [4.69, 9.17) is 14.2 Å². The van der Waals surface area contributed by atoms with Crippen LogP contribution in [0.25, 0.3) is 0 Å². The Balaban J connectivity index is 1.83. The van der Waals surface area contributed by atoms with E-state index in [2.05, 4.69) is 50.3 Å². The molecule has 0 amide bonds. The number of rotatable bonds is 7. The molecular formula is C34H51IO8. The fourth-order valence-electron chi connectivity index (χ4n) is 10.0. The lowest BCUT2D eigenvalue weighted by atomic mass is 9.36. The van der Waals surface area contributed by atoms with Crippen LogP contribution >= 0.6 is 22.6 Å². The van der Waals surface area contributed by atoms with Crippen molar-refractivity contribution in [1.29, 1.82) is 0 Å². The van der Waals surface area contributed by atoms with E-state index in [-0.39, 0.29) is 40.1 Å². The molecule has 0 spiro atoms. The van der Waals surface area contributed by atoms with E-state index < -0.39 is 36.9 Å². The molecule has 4 rings (SSSR count). The molecule has 0 aromatic carbocycles. The van der Waals surface area contributed by atoms with Gasteiger partial charge in [0.1, 0.15) is 6.10 Å². The molecule has 4 aliphatic carbocycles. The van der Waals surface area contributed by atoms with E-state index in [9.17, 15) is 24.6 Å². The molecule has 0 bridgehead atoms. The molecule has 4 saturated carbocycles. The van der Waals surface area contributed by atoms with Crippen LogP contribution < -0.4 is 0 Å². The predicted octanol–water partition coefficient (Wildman–Crippen LogP) is 6.41. The molecular weight excluding hydrogens is 663 g/mol. The Hall–Kier alpha value is -1.46. The van der Waals surface area contributed by atoms with Crippen molar-refractivity contribution in [3.63, 3.8) is 0 Å². The zero-order valence-corrected chi connectivity index (χ0v) is 29.3.